The highest BCUT2D eigenvalue weighted by Crippen LogP contribution is 2.28. The lowest BCUT2D eigenvalue weighted by Crippen LogP contribution is -2.50. The molecule has 2 rings (SSSR count). The zero-order valence-corrected chi connectivity index (χ0v) is 12.6. The molecule has 4 atom stereocenters. The van der Waals surface area contributed by atoms with Gasteiger partial charge in [0.1, 0.15) is 0 Å². The van der Waals surface area contributed by atoms with Gasteiger partial charge in [-0.1, -0.05) is 23.7 Å². The van der Waals surface area contributed by atoms with Gasteiger partial charge in [0.15, 0.2) is 0 Å². The monoisotopic (exact) mass is 282 g/mol. The Morgan fingerprint density at radius 2 is 1.74 bits per heavy atom. The lowest BCUT2D eigenvalue weighted by Gasteiger charge is -2.42. The molecule has 0 aromatic heterocycles. The van der Waals surface area contributed by atoms with Crippen LogP contribution < -0.4 is 5.73 Å². The molecule has 0 bridgehead atoms. The first-order valence-electron chi connectivity index (χ1n) is 6.88. The molecular formula is C15H23ClN2O. The third-order valence-electron chi connectivity index (χ3n) is 3.55. The maximum atomic E-state index is 6.21. The van der Waals surface area contributed by atoms with E-state index >= 15 is 0 Å². The zero-order valence-electron chi connectivity index (χ0n) is 11.8. The largest absolute Gasteiger partial charge is 0.373 e. The maximum absolute atomic E-state index is 6.21. The molecule has 0 aliphatic carbocycles. The normalized spacial score (nSPS) is 28.1. The van der Waals surface area contributed by atoms with Crippen LogP contribution in [-0.2, 0) is 4.74 Å². The molecule has 1 saturated heterocycles. The van der Waals surface area contributed by atoms with Crippen molar-refractivity contribution in [1.82, 2.24) is 4.90 Å². The van der Waals surface area contributed by atoms with Crippen LogP contribution >= 0.6 is 11.6 Å². The van der Waals surface area contributed by atoms with Crippen LogP contribution in [0.25, 0.3) is 0 Å². The molecule has 1 aromatic rings. The third-order valence-corrected chi connectivity index (χ3v) is 3.80. The Kier molecular flexibility index (Phi) is 4.85. The van der Waals surface area contributed by atoms with E-state index in [1.807, 2.05) is 12.1 Å². The molecule has 1 aromatic carbocycles. The van der Waals surface area contributed by atoms with E-state index in [0.717, 1.165) is 18.1 Å². The Hall–Kier alpha value is -0.610. The van der Waals surface area contributed by atoms with Crippen LogP contribution in [0.4, 0.5) is 0 Å². The summed E-state index contributed by atoms with van der Waals surface area (Å²) >= 11 is 5.96. The number of halogens is 1. The summed E-state index contributed by atoms with van der Waals surface area (Å²) in [7, 11) is 0. The smallest absolute Gasteiger partial charge is 0.0678 e. The molecule has 1 fully saturated rings. The molecule has 0 spiro atoms. The Labute approximate surface area is 120 Å². The number of nitrogens with zero attached hydrogens (tertiary/aromatic N) is 1. The van der Waals surface area contributed by atoms with Crippen LogP contribution in [0.3, 0.4) is 0 Å². The summed E-state index contributed by atoms with van der Waals surface area (Å²) < 4.78 is 5.80. The van der Waals surface area contributed by atoms with E-state index in [-0.39, 0.29) is 24.3 Å². The van der Waals surface area contributed by atoms with Gasteiger partial charge in [0.2, 0.25) is 0 Å². The minimum Gasteiger partial charge on any atom is -0.373 e. The summed E-state index contributed by atoms with van der Waals surface area (Å²) in [6, 6.07) is 8.28. The van der Waals surface area contributed by atoms with Gasteiger partial charge in [-0.25, -0.2) is 0 Å². The van der Waals surface area contributed by atoms with E-state index in [2.05, 4.69) is 37.8 Å². The van der Waals surface area contributed by atoms with Crippen molar-refractivity contribution in [1.29, 1.82) is 0 Å². The fourth-order valence-electron chi connectivity index (χ4n) is 2.95. The minimum absolute atomic E-state index is 0.0682. The molecule has 106 valence electrons. The Morgan fingerprint density at radius 1 is 1.21 bits per heavy atom. The van der Waals surface area contributed by atoms with Crippen LogP contribution in [0.15, 0.2) is 24.3 Å². The number of rotatable bonds is 3. The van der Waals surface area contributed by atoms with Gasteiger partial charge in [0, 0.05) is 30.2 Å². The Bertz CT molecular complexity index is 397. The van der Waals surface area contributed by atoms with Gasteiger partial charge >= 0.3 is 0 Å². The number of benzene rings is 1. The summed E-state index contributed by atoms with van der Waals surface area (Å²) in [6.07, 6.45) is 0.495. The first-order chi connectivity index (χ1) is 8.97. The second kappa shape index (κ2) is 6.23. The van der Waals surface area contributed by atoms with Crippen molar-refractivity contribution >= 4 is 11.6 Å². The van der Waals surface area contributed by atoms with Crippen molar-refractivity contribution in [2.45, 2.75) is 45.1 Å². The highest BCUT2D eigenvalue weighted by molar-refractivity contribution is 6.30. The van der Waals surface area contributed by atoms with Crippen molar-refractivity contribution in [2.24, 2.45) is 5.73 Å². The number of hydrogen-bond acceptors (Lipinski definition) is 3. The predicted octanol–water partition coefficient (Wildman–Crippen LogP) is 2.84. The average Bonchev–Trinajstić information content (AvgIpc) is 2.30. The van der Waals surface area contributed by atoms with Gasteiger partial charge in [-0.05, 0) is 38.5 Å². The molecule has 0 radical (unpaired) electrons. The zero-order chi connectivity index (χ0) is 14.0. The van der Waals surface area contributed by atoms with Crippen LogP contribution in [-0.4, -0.2) is 36.2 Å². The van der Waals surface area contributed by atoms with Crippen molar-refractivity contribution in [3.63, 3.8) is 0 Å². The number of nitrogens with two attached hydrogens (primary N) is 1. The van der Waals surface area contributed by atoms with Crippen LogP contribution in [0.1, 0.15) is 32.4 Å². The van der Waals surface area contributed by atoms with Crippen LogP contribution in [0.2, 0.25) is 5.02 Å². The van der Waals surface area contributed by atoms with Crippen molar-refractivity contribution in [3.8, 4) is 0 Å². The number of hydrogen-bond donors (Lipinski definition) is 1. The quantitative estimate of drug-likeness (QED) is 0.926. The van der Waals surface area contributed by atoms with E-state index in [1.165, 1.54) is 5.56 Å². The van der Waals surface area contributed by atoms with Gasteiger partial charge < -0.3 is 10.5 Å². The SMILES string of the molecule is CC(N)C(c1ccc(Cl)cc1)N1C[C@@H](C)O[C@@H](C)C1. The van der Waals surface area contributed by atoms with E-state index in [4.69, 9.17) is 22.1 Å². The summed E-state index contributed by atoms with van der Waals surface area (Å²) in [5, 5.41) is 0.760. The van der Waals surface area contributed by atoms with Gasteiger partial charge in [-0.2, -0.15) is 0 Å². The van der Waals surface area contributed by atoms with E-state index in [0.29, 0.717) is 0 Å². The molecule has 4 heteroatoms. The average molecular weight is 283 g/mol. The second-order valence-corrected chi connectivity index (χ2v) is 6.00. The lowest BCUT2D eigenvalue weighted by atomic mass is 9.97. The lowest BCUT2D eigenvalue weighted by molar-refractivity contribution is -0.0831. The fraction of sp³-hybridized carbons (Fsp3) is 0.600. The summed E-state index contributed by atoms with van der Waals surface area (Å²) in [5.41, 5.74) is 7.44. The highest BCUT2D eigenvalue weighted by atomic mass is 35.5. The minimum atomic E-state index is 0.0682. The van der Waals surface area contributed by atoms with Crippen molar-refractivity contribution < 1.29 is 4.74 Å². The Morgan fingerprint density at radius 3 is 2.21 bits per heavy atom. The standard InChI is InChI=1S/C15H23ClN2O/c1-10-8-18(9-11(2)19-10)15(12(3)17)13-4-6-14(16)7-5-13/h4-7,10-12,15H,8-9,17H2,1-3H3/t10-,11+,12?,15?. The van der Waals surface area contributed by atoms with Gasteiger partial charge in [0.05, 0.1) is 12.2 Å². The Balaban J connectivity index is 2.22. The van der Waals surface area contributed by atoms with Crippen molar-refractivity contribution in [3.05, 3.63) is 34.9 Å². The number of morpholine rings is 1. The molecular weight excluding hydrogens is 260 g/mol. The first kappa shape index (κ1) is 14.8. The molecule has 19 heavy (non-hydrogen) atoms. The van der Waals surface area contributed by atoms with Gasteiger partial charge in [-0.15, -0.1) is 0 Å². The fourth-order valence-corrected chi connectivity index (χ4v) is 3.08. The van der Waals surface area contributed by atoms with Gasteiger partial charge in [0.25, 0.3) is 0 Å². The molecule has 3 nitrogen and oxygen atoms in total. The number of ether oxygens (including phenoxy) is 1. The topological polar surface area (TPSA) is 38.5 Å². The molecule has 1 aliphatic rings. The first-order valence-corrected chi connectivity index (χ1v) is 7.25. The summed E-state index contributed by atoms with van der Waals surface area (Å²) in [5.74, 6) is 0. The van der Waals surface area contributed by atoms with Crippen LogP contribution in [0, 0.1) is 0 Å². The maximum Gasteiger partial charge on any atom is 0.0678 e. The van der Waals surface area contributed by atoms with Crippen molar-refractivity contribution in [2.75, 3.05) is 13.1 Å². The highest BCUT2D eigenvalue weighted by Gasteiger charge is 2.30. The predicted molar refractivity (Wildman–Crippen MR) is 79.4 cm³/mol. The summed E-state index contributed by atoms with van der Waals surface area (Å²) in [4.78, 5) is 2.42. The molecule has 2 N–H and O–H groups in total. The van der Waals surface area contributed by atoms with Crippen LogP contribution in [0.5, 0.6) is 0 Å². The second-order valence-electron chi connectivity index (χ2n) is 5.57. The van der Waals surface area contributed by atoms with Gasteiger partial charge in [-0.3, -0.25) is 4.90 Å². The molecule has 0 saturated carbocycles. The van der Waals surface area contributed by atoms with E-state index in [9.17, 15) is 0 Å². The molecule has 1 heterocycles. The molecule has 2 unspecified atom stereocenters. The summed E-state index contributed by atoms with van der Waals surface area (Å²) in [6.45, 7) is 8.12. The third kappa shape index (κ3) is 3.69. The molecule has 1 aliphatic heterocycles. The van der Waals surface area contributed by atoms with E-state index in [1.54, 1.807) is 0 Å². The van der Waals surface area contributed by atoms with E-state index < -0.39 is 0 Å². The molecule has 0 amide bonds.